The van der Waals surface area contributed by atoms with Gasteiger partial charge < -0.3 is 0 Å². The monoisotopic (exact) mass is 292 g/mol. The summed E-state index contributed by atoms with van der Waals surface area (Å²) in [7, 11) is 0. The molecule has 0 N–H and O–H groups in total. The predicted molar refractivity (Wildman–Crippen MR) is 96.2 cm³/mol. The van der Waals surface area contributed by atoms with E-state index in [1.807, 2.05) is 18.2 Å². The van der Waals surface area contributed by atoms with E-state index in [0.29, 0.717) is 11.8 Å². The van der Waals surface area contributed by atoms with Crippen molar-refractivity contribution in [2.75, 3.05) is 0 Å². The minimum Gasteiger partial charge on any atom is -0.294 e. The van der Waals surface area contributed by atoms with Gasteiger partial charge in [0.2, 0.25) is 0 Å². The number of fused-ring (bicyclic) bond motifs is 1. The van der Waals surface area contributed by atoms with Crippen molar-refractivity contribution in [3.63, 3.8) is 0 Å². The second-order valence-electron chi connectivity index (χ2n) is 7.74. The number of hydrogen-bond acceptors (Lipinski definition) is 1. The summed E-state index contributed by atoms with van der Waals surface area (Å²) in [6.45, 7) is 17.2. The molecular weight excluding hydrogens is 256 g/mol. The Kier molecular flexibility index (Phi) is 9.52. The van der Waals surface area contributed by atoms with E-state index in [1.165, 1.54) is 12.0 Å². The second-order valence-corrected chi connectivity index (χ2v) is 7.74. The number of Topliss-reactive ketones (excluding diaryl/α,β-unsaturated/α-hetero) is 1. The number of hydrogen-bond donors (Lipinski definition) is 0. The van der Waals surface area contributed by atoms with Gasteiger partial charge in [0, 0.05) is 12.0 Å². The molecule has 1 aliphatic rings. The molecule has 0 aromatic heterocycles. The summed E-state index contributed by atoms with van der Waals surface area (Å²) in [5, 5.41) is 0. The molecule has 0 atom stereocenters. The summed E-state index contributed by atoms with van der Waals surface area (Å²) in [4.78, 5) is 11.5. The van der Waals surface area contributed by atoms with E-state index >= 15 is 0 Å². The third-order valence-corrected chi connectivity index (χ3v) is 2.56. The SMILES string of the molecule is C.CC(C)(C)C.CC1(C)CC(=O)c2ccccc21.CCC. The molecule has 0 saturated carbocycles. The molecule has 0 heterocycles. The van der Waals surface area contributed by atoms with E-state index in [2.05, 4.69) is 61.5 Å². The summed E-state index contributed by atoms with van der Waals surface area (Å²) in [6.07, 6.45) is 1.91. The van der Waals surface area contributed by atoms with E-state index in [9.17, 15) is 4.79 Å². The molecule has 1 aliphatic carbocycles. The van der Waals surface area contributed by atoms with Gasteiger partial charge in [-0.1, -0.05) is 93.5 Å². The highest BCUT2D eigenvalue weighted by Gasteiger charge is 2.34. The van der Waals surface area contributed by atoms with E-state index in [0.717, 1.165) is 5.56 Å². The molecule has 1 heteroatoms. The van der Waals surface area contributed by atoms with Crippen molar-refractivity contribution in [2.24, 2.45) is 5.41 Å². The van der Waals surface area contributed by atoms with Gasteiger partial charge in [0.1, 0.15) is 0 Å². The normalized spacial score (nSPS) is 14.8. The Bertz CT molecular complexity index is 416. The van der Waals surface area contributed by atoms with Gasteiger partial charge in [-0.05, 0) is 16.4 Å². The summed E-state index contributed by atoms with van der Waals surface area (Å²) in [5.74, 6) is 0.288. The molecule has 2 rings (SSSR count). The Balaban J connectivity index is 0. The van der Waals surface area contributed by atoms with Crippen molar-refractivity contribution in [3.8, 4) is 0 Å². The first kappa shape index (κ1) is 22.2. The molecule has 122 valence electrons. The lowest BCUT2D eigenvalue weighted by atomic mass is 9.87. The van der Waals surface area contributed by atoms with Crippen molar-refractivity contribution in [1.29, 1.82) is 0 Å². The van der Waals surface area contributed by atoms with Crippen molar-refractivity contribution in [3.05, 3.63) is 35.4 Å². The van der Waals surface area contributed by atoms with Crippen LogP contribution in [0.5, 0.6) is 0 Å². The molecule has 0 unspecified atom stereocenters. The lowest BCUT2D eigenvalue weighted by Crippen LogP contribution is -2.12. The maximum absolute atomic E-state index is 11.5. The number of carbonyl (C=O) groups excluding carboxylic acids is 1. The van der Waals surface area contributed by atoms with Crippen molar-refractivity contribution >= 4 is 5.78 Å². The predicted octanol–water partition coefficient (Wildman–Crippen LogP) is 6.66. The van der Waals surface area contributed by atoms with E-state index in [-0.39, 0.29) is 18.6 Å². The lowest BCUT2D eigenvalue weighted by molar-refractivity contribution is 0.0979. The van der Waals surface area contributed by atoms with Crippen LogP contribution >= 0.6 is 0 Å². The Morgan fingerprint density at radius 1 is 1.05 bits per heavy atom. The van der Waals surface area contributed by atoms with Gasteiger partial charge in [-0.25, -0.2) is 0 Å². The summed E-state index contributed by atoms with van der Waals surface area (Å²) >= 11 is 0. The average molecular weight is 293 g/mol. The Morgan fingerprint density at radius 2 is 1.43 bits per heavy atom. The Morgan fingerprint density at radius 3 is 1.81 bits per heavy atom. The zero-order chi connectivity index (χ0) is 16.0. The van der Waals surface area contributed by atoms with Crippen LogP contribution in [0.3, 0.4) is 0 Å². The maximum Gasteiger partial charge on any atom is 0.164 e. The van der Waals surface area contributed by atoms with Crippen LogP contribution in [-0.4, -0.2) is 5.78 Å². The third kappa shape index (κ3) is 8.70. The summed E-state index contributed by atoms with van der Waals surface area (Å²) in [5.41, 5.74) is 2.67. The van der Waals surface area contributed by atoms with E-state index < -0.39 is 0 Å². The quantitative estimate of drug-likeness (QED) is 0.523. The van der Waals surface area contributed by atoms with Crippen molar-refractivity contribution in [1.82, 2.24) is 0 Å². The minimum absolute atomic E-state index is 0. The molecule has 0 aliphatic heterocycles. The average Bonchev–Trinajstić information content (AvgIpc) is 2.49. The summed E-state index contributed by atoms with van der Waals surface area (Å²) < 4.78 is 0. The number of benzene rings is 1. The third-order valence-electron chi connectivity index (χ3n) is 2.56. The van der Waals surface area contributed by atoms with Crippen molar-refractivity contribution in [2.45, 2.75) is 81.1 Å². The first-order chi connectivity index (χ1) is 9.03. The maximum atomic E-state index is 11.5. The molecule has 0 amide bonds. The molecule has 0 radical (unpaired) electrons. The molecule has 1 aromatic carbocycles. The van der Waals surface area contributed by atoms with E-state index in [1.54, 1.807) is 0 Å². The van der Waals surface area contributed by atoms with Gasteiger partial charge in [-0.15, -0.1) is 0 Å². The Labute approximate surface area is 133 Å². The van der Waals surface area contributed by atoms with E-state index in [4.69, 9.17) is 0 Å². The summed E-state index contributed by atoms with van der Waals surface area (Å²) in [6, 6.07) is 7.91. The lowest BCUT2D eigenvalue weighted by Gasteiger charge is -2.16. The molecule has 0 bridgehead atoms. The zero-order valence-electron chi connectivity index (χ0n) is 14.6. The van der Waals surface area contributed by atoms with Gasteiger partial charge in [0.15, 0.2) is 5.78 Å². The standard InChI is InChI=1S/C11H12O.C5H12.C3H8.CH4/c1-11(2)7-10(12)8-5-3-4-6-9(8)11;1-5(2,3)4;1-3-2;/h3-6H,7H2,1-2H3;1-4H3;3H2,1-2H3;1H4. The fourth-order valence-corrected chi connectivity index (χ4v) is 1.91. The van der Waals surface area contributed by atoms with Gasteiger partial charge in [0.25, 0.3) is 0 Å². The second kappa shape index (κ2) is 9.02. The smallest absolute Gasteiger partial charge is 0.164 e. The van der Waals surface area contributed by atoms with Crippen LogP contribution in [-0.2, 0) is 5.41 Å². The molecule has 0 spiro atoms. The molecule has 0 saturated heterocycles. The van der Waals surface area contributed by atoms with Crippen LogP contribution in [0, 0.1) is 5.41 Å². The first-order valence-corrected chi connectivity index (χ1v) is 7.65. The van der Waals surface area contributed by atoms with Crippen LogP contribution in [0.2, 0.25) is 0 Å². The highest BCUT2D eigenvalue weighted by molar-refractivity contribution is 6.01. The molecule has 21 heavy (non-hydrogen) atoms. The molecular formula is C20H36O. The van der Waals surface area contributed by atoms with Crippen molar-refractivity contribution < 1.29 is 4.79 Å². The largest absolute Gasteiger partial charge is 0.294 e. The number of carbonyl (C=O) groups is 1. The molecule has 1 nitrogen and oxygen atoms in total. The fourth-order valence-electron chi connectivity index (χ4n) is 1.91. The van der Waals surface area contributed by atoms with Crippen LogP contribution < -0.4 is 0 Å². The van der Waals surface area contributed by atoms with Gasteiger partial charge >= 0.3 is 0 Å². The minimum atomic E-state index is 0. The van der Waals surface area contributed by atoms with Crippen LogP contribution in [0.15, 0.2) is 24.3 Å². The molecule has 0 fully saturated rings. The zero-order valence-corrected chi connectivity index (χ0v) is 14.6. The van der Waals surface area contributed by atoms with Gasteiger partial charge in [-0.2, -0.15) is 0 Å². The van der Waals surface area contributed by atoms with Gasteiger partial charge in [0.05, 0.1) is 0 Å². The fraction of sp³-hybridized carbons (Fsp3) is 0.650. The molecule has 1 aromatic rings. The van der Waals surface area contributed by atoms with Crippen LogP contribution in [0.4, 0.5) is 0 Å². The Hall–Kier alpha value is -1.11. The van der Waals surface area contributed by atoms with Crippen LogP contribution in [0.1, 0.15) is 91.6 Å². The highest BCUT2D eigenvalue weighted by atomic mass is 16.1. The topological polar surface area (TPSA) is 17.1 Å². The number of rotatable bonds is 0. The highest BCUT2D eigenvalue weighted by Crippen LogP contribution is 2.37. The van der Waals surface area contributed by atoms with Crippen LogP contribution in [0.25, 0.3) is 0 Å². The first-order valence-electron chi connectivity index (χ1n) is 7.65. The van der Waals surface area contributed by atoms with Gasteiger partial charge in [-0.3, -0.25) is 4.79 Å². The number of ketones is 1.